The highest BCUT2D eigenvalue weighted by Crippen LogP contribution is 2.35. The van der Waals surface area contributed by atoms with Gasteiger partial charge >= 0.3 is 0 Å². The Morgan fingerprint density at radius 2 is 2.17 bits per heavy atom. The maximum atomic E-state index is 13.1. The van der Waals surface area contributed by atoms with Crippen LogP contribution in [0.2, 0.25) is 0 Å². The third kappa shape index (κ3) is 4.17. The van der Waals surface area contributed by atoms with E-state index >= 15 is 0 Å². The molecule has 0 saturated carbocycles. The van der Waals surface area contributed by atoms with Crippen LogP contribution < -0.4 is 5.56 Å². The number of thiophene rings is 1. The summed E-state index contributed by atoms with van der Waals surface area (Å²) in [6.07, 6.45) is 2.02. The molecule has 1 fully saturated rings. The first-order valence-electron chi connectivity index (χ1n) is 10.1. The van der Waals surface area contributed by atoms with Crippen LogP contribution in [0.1, 0.15) is 36.7 Å². The molecule has 3 aromatic rings. The highest BCUT2D eigenvalue weighted by molar-refractivity contribution is 7.99. The maximum Gasteiger partial charge on any atom is 0.262 e. The van der Waals surface area contributed by atoms with Crippen molar-refractivity contribution in [1.29, 1.82) is 0 Å². The molecular weight excluding hydrogens is 418 g/mol. The van der Waals surface area contributed by atoms with Crippen molar-refractivity contribution in [3.05, 3.63) is 57.0 Å². The van der Waals surface area contributed by atoms with E-state index in [4.69, 9.17) is 9.72 Å². The number of methoxy groups -OCH3 is 1. The lowest BCUT2D eigenvalue weighted by molar-refractivity contribution is -0.129. The molecule has 3 heterocycles. The van der Waals surface area contributed by atoms with Gasteiger partial charge in [0.2, 0.25) is 5.91 Å². The van der Waals surface area contributed by atoms with Gasteiger partial charge in [0.25, 0.3) is 5.56 Å². The van der Waals surface area contributed by atoms with Gasteiger partial charge in [-0.05, 0) is 43.3 Å². The second kappa shape index (κ2) is 9.32. The first-order valence-corrected chi connectivity index (χ1v) is 11.9. The number of hydrogen-bond donors (Lipinski definition) is 0. The minimum Gasteiger partial charge on any atom is -0.383 e. The molecule has 1 saturated heterocycles. The molecule has 1 aliphatic heterocycles. The summed E-state index contributed by atoms with van der Waals surface area (Å²) in [6.45, 7) is 3.11. The van der Waals surface area contributed by atoms with Crippen LogP contribution in [0.25, 0.3) is 10.9 Å². The Hall–Kier alpha value is -2.16. The maximum absolute atomic E-state index is 13.1. The third-order valence-corrected chi connectivity index (χ3v) is 7.30. The number of ether oxygens (including phenoxy) is 1. The van der Waals surface area contributed by atoms with E-state index in [1.165, 1.54) is 16.6 Å². The average Bonchev–Trinajstić information content (AvgIpc) is 3.43. The molecule has 0 N–H and O–H groups in total. The zero-order chi connectivity index (χ0) is 21.1. The fraction of sp³-hybridized carbons (Fsp3) is 0.409. The van der Waals surface area contributed by atoms with Gasteiger partial charge in [-0.15, -0.1) is 11.3 Å². The lowest BCUT2D eigenvalue weighted by atomic mass is 10.2. The molecule has 0 spiro atoms. The lowest BCUT2D eigenvalue weighted by Gasteiger charge is -2.24. The molecule has 158 valence electrons. The fourth-order valence-electron chi connectivity index (χ4n) is 3.98. The number of likely N-dealkylation sites (tertiary alicyclic amines) is 1. The fourth-order valence-corrected chi connectivity index (χ4v) is 5.84. The van der Waals surface area contributed by atoms with Crippen molar-refractivity contribution in [2.45, 2.75) is 37.0 Å². The number of amides is 1. The summed E-state index contributed by atoms with van der Waals surface area (Å²) in [7, 11) is 1.62. The summed E-state index contributed by atoms with van der Waals surface area (Å²) < 4.78 is 6.93. The first-order chi connectivity index (χ1) is 14.6. The average molecular weight is 444 g/mol. The summed E-state index contributed by atoms with van der Waals surface area (Å²) in [5, 5.41) is 3.19. The van der Waals surface area contributed by atoms with Crippen LogP contribution in [-0.4, -0.2) is 46.4 Å². The second-order valence-electron chi connectivity index (χ2n) is 7.44. The van der Waals surface area contributed by atoms with E-state index in [0.717, 1.165) is 19.4 Å². The van der Waals surface area contributed by atoms with Crippen LogP contribution in [0.5, 0.6) is 0 Å². The Kier molecular flexibility index (Phi) is 6.55. The van der Waals surface area contributed by atoms with Crippen molar-refractivity contribution >= 4 is 39.9 Å². The van der Waals surface area contributed by atoms with E-state index in [1.54, 1.807) is 29.1 Å². The van der Waals surface area contributed by atoms with E-state index in [2.05, 4.69) is 11.4 Å². The SMILES string of the molecule is COC[C@@H](C)n1c(SCC(=O)N2CCC[C@@H]2c2cccs2)nc2ccccc2c1=O. The molecule has 0 aliphatic carbocycles. The molecule has 0 bridgehead atoms. The molecule has 2 aromatic heterocycles. The van der Waals surface area contributed by atoms with Gasteiger partial charge in [0, 0.05) is 18.5 Å². The van der Waals surface area contributed by atoms with Crippen molar-refractivity contribution in [2.24, 2.45) is 0 Å². The number of hydrogen-bond acceptors (Lipinski definition) is 6. The molecule has 0 radical (unpaired) electrons. The van der Waals surface area contributed by atoms with E-state index < -0.39 is 0 Å². The zero-order valence-corrected chi connectivity index (χ0v) is 18.7. The van der Waals surface area contributed by atoms with Crippen molar-refractivity contribution in [2.75, 3.05) is 26.0 Å². The van der Waals surface area contributed by atoms with Gasteiger partial charge < -0.3 is 9.64 Å². The number of rotatable bonds is 7. The van der Waals surface area contributed by atoms with E-state index in [9.17, 15) is 9.59 Å². The molecule has 1 aromatic carbocycles. The number of para-hydroxylation sites is 1. The molecule has 1 aliphatic rings. The Morgan fingerprint density at radius 3 is 2.93 bits per heavy atom. The number of thioether (sulfide) groups is 1. The monoisotopic (exact) mass is 443 g/mol. The van der Waals surface area contributed by atoms with Crippen molar-refractivity contribution in [1.82, 2.24) is 14.5 Å². The van der Waals surface area contributed by atoms with Crippen LogP contribution >= 0.6 is 23.1 Å². The van der Waals surface area contributed by atoms with Gasteiger partial charge in [-0.2, -0.15) is 0 Å². The first kappa shape index (κ1) is 21.1. The number of carbonyl (C=O) groups excluding carboxylic acids is 1. The largest absolute Gasteiger partial charge is 0.383 e. The molecular formula is C22H25N3O3S2. The predicted octanol–water partition coefficient (Wildman–Crippen LogP) is 4.12. The summed E-state index contributed by atoms with van der Waals surface area (Å²) in [6, 6.07) is 11.4. The van der Waals surface area contributed by atoms with Crippen molar-refractivity contribution in [3.8, 4) is 0 Å². The minimum atomic E-state index is -0.178. The third-order valence-electron chi connectivity index (χ3n) is 5.39. The number of aromatic nitrogens is 2. The lowest BCUT2D eigenvalue weighted by Crippen LogP contribution is -2.32. The Bertz CT molecular complexity index is 1080. The van der Waals surface area contributed by atoms with Crippen molar-refractivity contribution in [3.63, 3.8) is 0 Å². The smallest absolute Gasteiger partial charge is 0.262 e. The quantitative estimate of drug-likeness (QED) is 0.406. The van der Waals surface area contributed by atoms with Crippen LogP contribution in [0.15, 0.2) is 51.7 Å². The van der Waals surface area contributed by atoms with Gasteiger partial charge in [-0.1, -0.05) is 30.0 Å². The van der Waals surface area contributed by atoms with Crippen LogP contribution in [0.3, 0.4) is 0 Å². The Morgan fingerprint density at radius 1 is 1.33 bits per heavy atom. The van der Waals surface area contributed by atoms with Crippen LogP contribution in [0, 0.1) is 0 Å². The molecule has 4 rings (SSSR count). The second-order valence-corrected chi connectivity index (χ2v) is 9.36. The minimum absolute atomic E-state index is 0.0873. The van der Waals surface area contributed by atoms with Gasteiger partial charge in [0.1, 0.15) is 0 Å². The van der Waals surface area contributed by atoms with E-state index in [-0.39, 0.29) is 29.3 Å². The van der Waals surface area contributed by atoms with E-state index in [0.29, 0.717) is 22.7 Å². The van der Waals surface area contributed by atoms with Crippen LogP contribution in [0.4, 0.5) is 0 Å². The van der Waals surface area contributed by atoms with Crippen molar-refractivity contribution < 1.29 is 9.53 Å². The molecule has 1 amide bonds. The molecule has 2 atom stereocenters. The highest BCUT2D eigenvalue weighted by atomic mass is 32.2. The Labute approximate surface area is 183 Å². The molecule has 30 heavy (non-hydrogen) atoms. The predicted molar refractivity (Wildman–Crippen MR) is 121 cm³/mol. The van der Waals surface area contributed by atoms with Gasteiger partial charge in [-0.25, -0.2) is 4.98 Å². The van der Waals surface area contributed by atoms with Gasteiger partial charge in [0.15, 0.2) is 5.16 Å². The Balaban J connectivity index is 1.59. The number of fused-ring (bicyclic) bond motifs is 1. The number of carbonyl (C=O) groups is 1. The highest BCUT2D eigenvalue weighted by Gasteiger charge is 2.30. The standard InChI is InChI=1S/C22H25N3O3S2/c1-15(13-28-2)25-21(27)16-7-3-4-8-17(16)23-22(25)30-14-20(26)24-11-5-9-18(24)19-10-6-12-29-19/h3-4,6-8,10,12,15,18H,5,9,11,13-14H2,1-2H3/t15-,18-/m1/s1. The summed E-state index contributed by atoms with van der Waals surface area (Å²) in [4.78, 5) is 34.1. The summed E-state index contributed by atoms with van der Waals surface area (Å²) in [5.41, 5.74) is 0.550. The summed E-state index contributed by atoms with van der Waals surface area (Å²) in [5.74, 6) is 0.344. The normalized spacial score (nSPS) is 17.5. The van der Waals surface area contributed by atoms with Gasteiger partial charge in [0.05, 0.1) is 35.3 Å². The number of nitrogens with zero attached hydrogens (tertiary/aromatic N) is 3. The molecule has 8 heteroatoms. The zero-order valence-electron chi connectivity index (χ0n) is 17.1. The molecule has 6 nitrogen and oxygen atoms in total. The van der Waals surface area contributed by atoms with E-state index in [1.807, 2.05) is 36.1 Å². The van der Waals surface area contributed by atoms with Gasteiger partial charge in [-0.3, -0.25) is 14.2 Å². The summed E-state index contributed by atoms with van der Waals surface area (Å²) >= 11 is 3.03. The topological polar surface area (TPSA) is 64.4 Å². The number of benzene rings is 1. The van der Waals surface area contributed by atoms with Crippen LogP contribution in [-0.2, 0) is 9.53 Å². The molecule has 0 unspecified atom stereocenters.